The number of hydrogen-bond acceptors (Lipinski definition) is 3. The third-order valence-corrected chi connectivity index (χ3v) is 3.47. The SMILES string of the molecule is CN(C)[C@@H]1CNCC[C@]1(O)c1ccccc1. The summed E-state index contributed by atoms with van der Waals surface area (Å²) in [6.07, 6.45) is 0.764. The lowest BCUT2D eigenvalue weighted by atomic mass is 9.80. The fraction of sp³-hybridized carbons (Fsp3) is 0.538. The summed E-state index contributed by atoms with van der Waals surface area (Å²) in [5.41, 5.74) is 0.297. The fourth-order valence-electron chi connectivity index (χ4n) is 2.53. The fourth-order valence-corrected chi connectivity index (χ4v) is 2.53. The topological polar surface area (TPSA) is 35.5 Å². The van der Waals surface area contributed by atoms with Crippen LogP contribution >= 0.6 is 0 Å². The second kappa shape index (κ2) is 4.53. The van der Waals surface area contributed by atoms with E-state index in [-0.39, 0.29) is 6.04 Å². The molecule has 1 heterocycles. The minimum Gasteiger partial charge on any atom is -0.383 e. The Bertz CT molecular complexity index is 339. The molecule has 0 aromatic heterocycles. The molecule has 0 spiro atoms. The third kappa shape index (κ3) is 1.98. The number of aliphatic hydroxyl groups is 1. The first-order valence-electron chi connectivity index (χ1n) is 5.79. The van der Waals surface area contributed by atoms with E-state index in [1.54, 1.807) is 0 Å². The standard InChI is InChI=1S/C13H20N2O/c1-15(2)12-10-14-9-8-13(12,16)11-6-4-3-5-7-11/h3-7,12,14,16H,8-10H2,1-2H3/t12-,13+/m1/s1. The van der Waals surface area contributed by atoms with Gasteiger partial charge in [-0.3, -0.25) is 0 Å². The van der Waals surface area contributed by atoms with Gasteiger partial charge in [-0.25, -0.2) is 0 Å². The van der Waals surface area contributed by atoms with Crippen LogP contribution in [0.15, 0.2) is 30.3 Å². The molecule has 3 heteroatoms. The largest absolute Gasteiger partial charge is 0.383 e. The Morgan fingerprint density at radius 3 is 2.62 bits per heavy atom. The van der Waals surface area contributed by atoms with Crippen molar-refractivity contribution >= 4 is 0 Å². The Hall–Kier alpha value is -0.900. The van der Waals surface area contributed by atoms with Gasteiger partial charge in [0.2, 0.25) is 0 Å². The van der Waals surface area contributed by atoms with Crippen LogP contribution < -0.4 is 5.32 Å². The van der Waals surface area contributed by atoms with Gasteiger partial charge in [-0.2, -0.15) is 0 Å². The molecular formula is C13H20N2O. The van der Waals surface area contributed by atoms with E-state index in [2.05, 4.69) is 10.2 Å². The zero-order valence-electron chi connectivity index (χ0n) is 9.98. The zero-order chi connectivity index (χ0) is 11.6. The molecular weight excluding hydrogens is 200 g/mol. The highest BCUT2D eigenvalue weighted by atomic mass is 16.3. The minimum absolute atomic E-state index is 0.128. The molecule has 0 unspecified atom stereocenters. The molecule has 2 rings (SSSR count). The van der Waals surface area contributed by atoms with Gasteiger partial charge >= 0.3 is 0 Å². The lowest BCUT2D eigenvalue weighted by Crippen LogP contribution is -2.57. The minimum atomic E-state index is -0.726. The Balaban J connectivity index is 2.33. The van der Waals surface area contributed by atoms with Crippen molar-refractivity contribution in [1.29, 1.82) is 0 Å². The monoisotopic (exact) mass is 220 g/mol. The molecule has 1 saturated heterocycles. The van der Waals surface area contributed by atoms with Crippen molar-refractivity contribution in [3.63, 3.8) is 0 Å². The molecule has 1 aliphatic heterocycles. The van der Waals surface area contributed by atoms with E-state index in [1.165, 1.54) is 0 Å². The molecule has 2 N–H and O–H groups in total. The quantitative estimate of drug-likeness (QED) is 0.774. The maximum atomic E-state index is 10.9. The lowest BCUT2D eigenvalue weighted by Gasteiger charge is -2.44. The molecule has 88 valence electrons. The van der Waals surface area contributed by atoms with Crippen molar-refractivity contribution < 1.29 is 5.11 Å². The lowest BCUT2D eigenvalue weighted by molar-refractivity contribution is -0.0586. The van der Waals surface area contributed by atoms with E-state index < -0.39 is 5.60 Å². The highest BCUT2D eigenvalue weighted by molar-refractivity contribution is 5.25. The average molecular weight is 220 g/mol. The van der Waals surface area contributed by atoms with E-state index >= 15 is 0 Å². The second-order valence-corrected chi connectivity index (χ2v) is 4.72. The Morgan fingerprint density at radius 1 is 1.31 bits per heavy atom. The van der Waals surface area contributed by atoms with Crippen LogP contribution in [0.2, 0.25) is 0 Å². The molecule has 16 heavy (non-hydrogen) atoms. The Kier molecular flexibility index (Phi) is 3.28. The van der Waals surface area contributed by atoms with Crippen LogP contribution in [0.1, 0.15) is 12.0 Å². The van der Waals surface area contributed by atoms with Gasteiger partial charge in [0, 0.05) is 6.54 Å². The predicted molar refractivity (Wildman–Crippen MR) is 65.3 cm³/mol. The van der Waals surface area contributed by atoms with Crippen LogP contribution in [0.3, 0.4) is 0 Å². The molecule has 1 fully saturated rings. The van der Waals surface area contributed by atoms with Gasteiger partial charge in [-0.05, 0) is 32.6 Å². The summed E-state index contributed by atoms with van der Waals surface area (Å²) in [5, 5.41) is 14.2. The second-order valence-electron chi connectivity index (χ2n) is 4.72. The van der Waals surface area contributed by atoms with E-state index in [4.69, 9.17) is 0 Å². The van der Waals surface area contributed by atoms with Crippen LogP contribution in [0, 0.1) is 0 Å². The van der Waals surface area contributed by atoms with Gasteiger partial charge in [-0.15, -0.1) is 0 Å². The summed E-state index contributed by atoms with van der Waals surface area (Å²) in [7, 11) is 4.04. The molecule has 1 aliphatic rings. The molecule has 0 amide bonds. The van der Waals surface area contributed by atoms with Crippen LogP contribution in [0.4, 0.5) is 0 Å². The van der Waals surface area contributed by atoms with E-state index in [0.717, 1.165) is 25.1 Å². The highest BCUT2D eigenvalue weighted by Gasteiger charge is 2.41. The molecule has 2 atom stereocenters. The van der Waals surface area contributed by atoms with Crippen LogP contribution in [0.25, 0.3) is 0 Å². The molecule has 3 nitrogen and oxygen atoms in total. The Morgan fingerprint density at radius 2 is 2.00 bits per heavy atom. The summed E-state index contributed by atoms with van der Waals surface area (Å²) in [6, 6.07) is 10.1. The summed E-state index contributed by atoms with van der Waals surface area (Å²) in [6.45, 7) is 1.70. The normalized spacial score (nSPS) is 30.6. The van der Waals surface area contributed by atoms with E-state index in [9.17, 15) is 5.11 Å². The van der Waals surface area contributed by atoms with E-state index in [1.807, 2.05) is 44.4 Å². The number of likely N-dealkylation sites (N-methyl/N-ethyl adjacent to an activating group) is 1. The van der Waals surface area contributed by atoms with Crippen molar-refractivity contribution in [2.45, 2.75) is 18.1 Å². The summed E-state index contributed by atoms with van der Waals surface area (Å²) < 4.78 is 0. The number of nitrogens with one attached hydrogen (secondary N) is 1. The zero-order valence-corrected chi connectivity index (χ0v) is 9.98. The van der Waals surface area contributed by atoms with Crippen molar-refractivity contribution in [3.8, 4) is 0 Å². The van der Waals surface area contributed by atoms with Gasteiger partial charge < -0.3 is 15.3 Å². The highest BCUT2D eigenvalue weighted by Crippen LogP contribution is 2.32. The predicted octanol–water partition coefficient (Wildman–Crippen LogP) is 0.798. The Labute approximate surface area is 97.1 Å². The molecule has 0 saturated carbocycles. The van der Waals surface area contributed by atoms with Gasteiger partial charge in [0.05, 0.1) is 6.04 Å². The first kappa shape index (κ1) is 11.6. The van der Waals surface area contributed by atoms with Gasteiger partial charge in [0.1, 0.15) is 5.60 Å². The number of nitrogens with zero attached hydrogens (tertiary/aromatic N) is 1. The number of benzene rings is 1. The number of rotatable bonds is 2. The first-order valence-corrected chi connectivity index (χ1v) is 5.79. The summed E-state index contributed by atoms with van der Waals surface area (Å²) in [5.74, 6) is 0. The van der Waals surface area contributed by atoms with Crippen molar-refractivity contribution in [2.24, 2.45) is 0 Å². The maximum absolute atomic E-state index is 10.9. The molecule has 0 radical (unpaired) electrons. The number of hydrogen-bond donors (Lipinski definition) is 2. The van der Waals surface area contributed by atoms with Crippen LogP contribution in [0.5, 0.6) is 0 Å². The van der Waals surface area contributed by atoms with Crippen molar-refractivity contribution in [3.05, 3.63) is 35.9 Å². The molecule has 0 bridgehead atoms. The van der Waals surface area contributed by atoms with Gasteiger partial charge in [0.15, 0.2) is 0 Å². The first-order chi connectivity index (χ1) is 7.64. The van der Waals surface area contributed by atoms with Crippen molar-refractivity contribution in [2.75, 3.05) is 27.2 Å². The van der Waals surface area contributed by atoms with E-state index in [0.29, 0.717) is 0 Å². The molecule has 1 aromatic carbocycles. The smallest absolute Gasteiger partial charge is 0.107 e. The van der Waals surface area contributed by atoms with Gasteiger partial charge in [-0.1, -0.05) is 30.3 Å². The summed E-state index contributed by atoms with van der Waals surface area (Å²) in [4.78, 5) is 2.10. The average Bonchev–Trinajstić information content (AvgIpc) is 2.30. The molecule has 0 aliphatic carbocycles. The van der Waals surface area contributed by atoms with Crippen LogP contribution in [-0.2, 0) is 5.60 Å². The third-order valence-electron chi connectivity index (χ3n) is 3.47. The van der Waals surface area contributed by atoms with Gasteiger partial charge in [0.25, 0.3) is 0 Å². The van der Waals surface area contributed by atoms with Crippen LogP contribution in [-0.4, -0.2) is 43.2 Å². The summed E-state index contributed by atoms with van der Waals surface area (Å²) >= 11 is 0. The van der Waals surface area contributed by atoms with Crippen molar-refractivity contribution in [1.82, 2.24) is 10.2 Å². The molecule has 1 aromatic rings. The maximum Gasteiger partial charge on any atom is 0.107 e. The number of piperidine rings is 1.